The van der Waals surface area contributed by atoms with Crippen molar-refractivity contribution in [3.05, 3.63) is 15.6 Å². The van der Waals surface area contributed by atoms with E-state index in [2.05, 4.69) is 31.2 Å². The molecule has 104 valence electrons. The molecule has 0 aliphatic heterocycles. The van der Waals surface area contributed by atoms with Crippen LogP contribution in [0.1, 0.15) is 42.8 Å². The summed E-state index contributed by atoms with van der Waals surface area (Å²) in [4.78, 5) is 5.85. The summed E-state index contributed by atoms with van der Waals surface area (Å²) in [5.41, 5.74) is 3.76. The lowest BCUT2D eigenvalue weighted by atomic mass is 9.91. The van der Waals surface area contributed by atoms with Crippen LogP contribution in [0.3, 0.4) is 0 Å². The summed E-state index contributed by atoms with van der Waals surface area (Å²) >= 11 is 1.74. The van der Waals surface area contributed by atoms with Crippen LogP contribution in [-0.2, 0) is 11.2 Å². The predicted molar refractivity (Wildman–Crippen MR) is 76.7 cm³/mol. The average molecular weight is 271 g/mol. The summed E-state index contributed by atoms with van der Waals surface area (Å²) in [6, 6.07) is 0.0763. The van der Waals surface area contributed by atoms with E-state index in [0.717, 1.165) is 23.5 Å². The first-order valence-corrected chi connectivity index (χ1v) is 7.31. The molecule has 18 heavy (non-hydrogen) atoms. The van der Waals surface area contributed by atoms with E-state index < -0.39 is 0 Å². The predicted octanol–water partition coefficient (Wildman–Crippen LogP) is 2.34. The number of hydrogen-bond donors (Lipinski definition) is 2. The van der Waals surface area contributed by atoms with Crippen molar-refractivity contribution in [1.29, 1.82) is 0 Å². The minimum atomic E-state index is -0.253. The van der Waals surface area contributed by atoms with Gasteiger partial charge in [0, 0.05) is 17.9 Å². The molecule has 0 radical (unpaired) electrons. The highest BCUT2D eigenvalue weighted by Gasteiger charge is 2.33. The molecule has 2 unspecified atom stereocenters. The normalized spacial score (nSPS) is 16.6. The maximum atomic E-state index is 5.88. The third-order valence-electron chi connectivity index (χ3n) is 3.57. The van der Waals surface area contributed by atoms with Gasteiger partial charge in [0.2, 0.25) is 0 Å². The Balaban J connectivity index is 2.83. The maximum Gasteiger partial charge on any atom is 0.0948 e. The van der Waals surface area contributed by atoms with Crippen LogP contribution in [0.4, 0.5) is 0 Å². The van der Waals surface area contributed by atoms with Crippen molar-refractivity contribution in [2.75, 3.05) is 6.61 Å². The summed E-state index contributed by atoms with van der Waals surface area (Å²) in [5, 5.41) is 1.12. The summed E-state index contributed by atoms with van der Waals surface area (Å²) in [6.07, 6.45) is 1.72. The molecule has 2 atom stereocenters. The summed E-state index contributed by atoms with van der Waals surface area (Å²) in [5.74, 6) is 5.70. The second-order valence-corrected chi connectivity index (χ2v) is 6.06. The van der Waals surface area contributed by atoms with Crippen molar-refractivity contribution in [2.24, 2.45) is 5.84 Å². The van der Waals surface area contributed by atoms with Crippen molar-refractivity contribution in [3.63, 3.8) is 0 Å². The van der Waals surface area contributed by atoms with Gasteiger partial charge in [-0.05, 0) is 34.1 Å². The van der Waals surface area contributed by atoms with Crippen molar-refractivity contribution >= 4 is 11.3 Å². The fraction of sp³-hybridized carbons (Fsp3) is 0.769. The highest BCUT2D eigenvalue weighted by molar-refractivity contribution is 7.11. The molecule has 0 saturated heterocycles. The first-order valence-electron chi connectivity index (χ1n) is 6.49. The molecule has 0 spiro atoms. The lowest BCUT2D eigenvalue weighted by molar-refractivity contribution is -0.0550. The van der Waals surface area contributed by atoms with Crippen LogP contribution in [0.2, 0.25) is 0 Å². The molecule has 0 aromatic carbocycles. The number of nitrogens with two attached hydrogens (primary N) is 1. The van der Waals surface area contributed by atoms with Crippen molar-refractivity contribution in [3.8, 4) is 0 Å². The van der Waals surface area contributed by atoms with E-state index in [0.29, 0.717) is 6.61 Å². The van der Waals surface area contributed by atoms with Crippen LogP contribution in [0, 0.1) is 13.8 Å². The SMILES string of the molecule is CCOC(C)(CC)C(Cc1nc(C)c(C)s1)NN. The third-order valence-corrected chi connectivity index (χ3v) is 4.66. The van der Waals surface area contributed by atoms with Gasteiger partial charge in [-0.15, -0.1) is 11.3 Å². The first-order chi connectivity index (χ1) is 8.46. The van der Waals surface area contributed by atoms with Gasteiger partial charge in [-0.25, -0.2) is 4.98 Å². The lowest BCUT2D eigenvalue weighted by Crippen LogP contribution is -2.54. The molecule has 0 bridgehead atoms. The Morgan fingerprint density at radius 1 is 1.44 bits per heavy atom. The number of aryl methyl sites for hydroxylation is 2. The topological polar surface area (TPSA) is 60.2 Å². The van der Waals surface area contributed by atoms with Gasteiger partial charge in [0.05, 0.1) is 22.3 Å². The fourth-order valence-electron chi connectivity index (χ4n) is 2.03. The maximum absolute atomic E-state index is 5.88. The highest BCUT2D eigenvalue weighted by Crippen LogP contribution is 2.25. The minimum absolute atomic E-state index is 0.0763. The summed E-state index contributed by atoms with van der Waals surface area (Å²) < 4.78 is 5.88. The first kappa shape index (κ1) is 15.6. The number of rotatable bonds is 7. The van der Waals surface area contributed by atoms with Crippen molar-refractivity contribution in [2.45, 2.75) is 59.1 Å². The second kappa shape index (κ2) is 6.61. The molecular weight excluding hydrogens is 246 g/mol. The Labute approximate surface area is 114 Å². The Bertz CT molecular complexity index is 361. The summed E-state index contributed by atoms with van der Waals surface area (Å²) in [7, 11) is 0. The molecular formula is C13H25N3OS. The van der Waals surface area contributed by atoms with Gasteiger partial charge in [0.25, 0.3) is 0 Å². The number of thiazole rings is 1. The molecule has 1 rings (SSSR count). The van der Waals surface area contributed by atoms with Crippen LogP contribution < -0.4 is 11.3 Å². The monoisotopic (exact) mass is 271 g/mol. The summed E-state index contributed by atoms with van der Waals surface area (Å²) in [6.45, 7) is 11.1. The van der Waals surface area contributed by atoms with E-state index in [9.17, 15) is 0 Å². The van der Waals surface area contributed by atoms with Gasteiger partial charge in [0.15, 0.2) is 0 Å². The molecule has 3 N–H and O–H groups in total. The van der Waals surface area contributed by atoms with Crippen LogP contribution in [-0.4, -0.2) is 23.2 Å². The molecule has 5 heteroatoms. The van der Waals surface area contributed by atoms with Gasteiger partial charge in [-0.2, -0.15) is 0 Å². The van der Waals surface area contributed by atoms with Crippen LogP contribution in [0.15, 0.2) is 0 Å². The molecule has 1 heterocycles. The van der Waals surface area contributed by atoms with Gasteiger partial charge >= 0.3 is 0 Å². The Kier molecular flexibility index (Phi) is 5.72. The van der Waals surface area contributed by atoms with E-state index in [1.807, 2.05) is 13.8 Å². The van der Waals surface area contributed by atoms with Gasteiger partial charge in [-0.3, -0.25) is 11.3 Å². The lowest BCUT2D eigenvalue weighted by Gasteiger charge is -2.36. The fourth-order valence-corrected chi connectivity index (χ4v) is 3.01. The van der Waals surface area contributed by atoms with Crippen molar-refractivity contribution < 1.29 is 4.74 Å². The van der Waals surface area contributed by atoms with Crippen LogP contribution in [0.5, 0.6) is 0 Å². The zero-order valence-electron chi connectivity index (χ0n) is 12.0. The van der Waals surface area contributed by atoms with Crippen molar-refractivity contribution in [1.82, 2.24) is 10.4 Å². The van der Waals surface area contributed by atoms with Crippen LogP contribution >= 0.6 is 11.3 Å². The second-order valence-electron chi connectivity index (χ2n) is 4.77. The smallest absolute Gasteiger partial charge is 0.0948 e. The van der Waals surface area contributed by atoms with E-state index in [1.54, 1.807) is 11.3 Å². The standard InChI is InChI=1S/C13H25N3OS/c1-6-13(5,17-7-2)11(16-14)8-12-15-9(3)10(4)18-12/h11,16H,6-8,14H2,1-5H3. The molecule has 1 aromatic rings. The number of ether oxygens (including phenoxy) is 1. The Morgan fingerprint density at radius 2 is 2.11 bits per heavy atom. The number of nitrogens with zero attached hydrogens (tertiary/aromatic N) is 1. The Morgan fingerprint density at radius 3 is 2.50 bits per heavy atom. The molecule has 0 saturated carbocycles. The van der Waals surface area contributed by atoms with E-state index in [1.165, 1.54) is 4.88 Å². The quantitative estimate of drug-likeness (QED) is 0.590. The van der Waals surface area contributed by atoms with Gasteiger partial charge < -0.3 is 4.74 Å². The minimum Gasteiger partial charge on any atom is -0.374 e. The number of hydrazine groups is 1. The number of aromatic nitrogens is 1. The van der Waals surface area contributed by atoms with E-state index in [-0.39, 0.29) is 11.6 Å². The Hall–Kier alpha value is -0.490. The molecule has 1 aromatic heterocycles. The van der Waals surface area contributed by atoms with Gasteiger partial charge in [0.1, 0.15) is 0 Å². The van der Waals surface area contributed by atoms with Crippen LogP contribution in [0.25, 0.3) is 0 Å². The van der Waals surface area contributed by atoms with E-state index in [4.69, 9.17) is 10.6 Å². The number of hydrogen-bond acceptors (Lipinski definition) is 5. The molecule has 0 aliphatic rings. The molecule has 0 fully saturated rings. The molecule has 0 amide bonds. The zero-order valence-corrected chi connectivity index (χ0v) is 12.9. The zero-order chi connectivity index (χ0) is 13.8. The number of nitrogens with one attached hydrogen (secondary N) is 1. The largest absolute Gasteiger partial charge is 0.374 e. The van der Waals surface area contributed by atoms with Gasteiger partial charge in [-0.1, -0.05) is 6.92 Å². The average Bonchev–Trinajstić information content (AvgIpc) is 2.65. The third kappa shape index (κ3) is 3.51. The highest BCUT2D eigenvalue weighted by atomic mass is 32.1. The van der Waals surface area contributed by atoms with E-state index >= 15 is 0 Å². The molecule has 0 aliphatic carbocycles. The molecule has 4 nitrogen and oxygen atoms in total.